The van der Waals surface area contributed by atoms with Crippen LogP contribution in [-0.2, 0) is 4.79 Å². The van der Waals surface area contributed by atoms with Crippen LogP contribution in [0, 0.1) is 13.8 Å². The molecule has 0 unspecified atom stereocenters. The van der Waals surface area contributed by atoms with Crippen LogP contribution >= 0.6 is 0 Å². The summed E-state index contributed by atoms with van der Waals surface area (Å²) in [5, 5.41) is 5.44. The highest BCUT2D eigenvalue weighted by Crippen LogP contribution is 2.24. The molecule has 1 aliphatic carbocycles. The van der Waals surface area contributed by atoms with Crippen molar-refractivity contribution in [2.45, 2.75) is 45.6 Å². The molecular formula is C22H26N2O3. The molecule has 2 aromatic rings. The fourth-order valence-corrected chi connectivity index (χ4v) is 3.39. The van der Waals surface area contributed by atoms with E-state index >= 15 is 0 Å². The van der Waals surface area contributed by atoms with Crippen molar-refractivity contribution in [2.24, 2.45) is 0 Å². The SMILES string of the molecule is Cc1cc(C)cc(C(=O)NCC(=O)Nc2ccc(OC3CCCC3)cc2)c1. The molecule has 5 heteroatoms. The lowest BCUT2D eigenvalue weighted by Gasteiger charge is -2.13. The first-order chi connectivity index (χ1) is 13.0. The van der Waals surface area contributed by atoms with Crippen LogP contribution in [0.4, 0.5) is 5.69 Å². The number of carbonyl (C=O) groups is 2. The Bertz CT molecular complexity index is 789. The van der Waals surface area contributed by atoms with Gasteiger partial charge in [0.25, 0.3) is 5.91 Å². The van der Waals surface area contributed by atoms with Gasteiger partial charge in [0, 0.05) is 11.3 Å². The van der Waals surface area contributed by atoms with Gasteiger partial charge in [-0.1, -0.05) is 17.2 Å². The summed E-state index contributed by atoms with van der Waals surface area (Å²) in [6.07, 6.45) is 4.99. The van der Waals surface area contributed by atoms with Gasteiger partial charge in [-0.25, -0.2) is 0 Å². The van der Waals surface area contributed by atoms with Crippen LogP contribution in [0.15, 0.2) is 42.5 Å². The summed E-state index contributed by atoms with van der Waals surface area (Å²) in [4.78, 5) is 24.3. The van der Waals surface area contributed by atoms with E-state index in [4.69, 9.17) is 4.74 Å². The van der Waals surface area contributed by atoms with Crippen molar-refractivity contribution in [2.75, 3.05) is 11.9 Å². The molecule has 5 nitrogen and oxygen atoms in total. The number of benzene rings is 2. The van der Waals surface area contributed by atoms with Crippen molar-refractivity contribution >= 4 is 17.5 Å². The smallest absolute Gasteiger partial charge is 0.251 e. The van der Waals surface area contributed by atoms with Crippen LogP contribution in [0.25, 0.3) is 0 Å². The molecule has 2 N–H and O–H groups in total. The van der Waals surface area contributed by atoms with Gasteiger partial charge in [0.15, 0.2) is 0 Å². The number of rotatable bonds is 6. The second kappa shape index (κ2) is 8.71. The summed E-state index contributed by atoms with van der Waals surface area (Å²) < 4.78 is 5.91. The molecular weight excluding hydrogens is 340 g/mol. The molecule has 142 valence electrons. The fraction of sp³-hybridized carbons (Fsp3) is 0.364. The predicted octanol–water partition coefficient (Wildman–Crippen LogP) is 3.99. The molecule has 27 heavy (non-hydrogen) atoms. The lowest BCUT2D eigenvalue weighted by Crippen LogP contribution is -2.32. The molecule has 0 heterocycles. The summed E-state index contributed by atoms with van der Waals surface area (Å²) >= 11 is 0. The molecule has 1 aliphatic rings. The Morgan fingerprint density at radius 1 is 1.00 bits per heavy atom. The highest BCUT2D eigenvalue weighted by Gasteiger charge is 2.16. The first-order valence-electron chi connectivity index (χ1n) is 9.43. The predicted molar refractivity (Wildman–Crippen MR) is 106 cm³/mol. The topological polar surface area (TPSA) is 67.4 Å². The van der Waals surface area contributed by atoms with Crippen LogP contribution in [0.2, 0.25) is 0 Å². The maximum Gasteiger partial charge on any atom is 0.251 e. The highest BCUT2D eigenvalue weighted by atomic mass is 16.5. The van der Waals surface area contributed by atoms with E-state index in [-0.39, 0.29) is 18.4 Å². The molecule has 0 aliphatic heterocycles. The van der Waals surface area contributed by atoms with Crippen LogP contribution < -0.4 is 15.4 Å². The third-order valence-electron chi connectivity index (χ3n) is 4.64. The van der Waals surface area contributed by atoms with E-state index in [1.54, 1.807) is 0 Å². The third-order valence-corrected chi connectivity index (χ3v) is 4.64. The number of amides is 2. The van der Waals surface area contributed by atoms with E-state index in [1.807, 2.05) is 56.3 Å². The van der Waals surface area contributed by atoms with Gasteiger partial charge in [0.1, 0.15) is 5.75 Å². The first kappa shape index (κ1) is 19.0. The summed E-state index contributed by atoms with van der Waals surface area (Å²) in [5.74, 6) is 0.303. The molecule has 2 amide bonds. The Labute approximate surface area is 160 Å². The number of aryl methyl sites for hydroxylation is 2. The molecule has 1 fully saturated rings. The number of hydrogen-bond acceptors (Lipinski definition) is 3. The van der Waals surface area contributed by atoms with Gasteiger partial charge in [-0.15, -0.1) is 0 Å². The Morgan fingerprint density at radius 3 is 2.26 bits per heavy atom. The molecule has 1 saturated carbocycles. The van der Waals surface area contributed by atoms with Crippen molar-refractivity contribution in [1.29, 1.82) is 0 Å². The summed E-state index contributed by atoms with van der Waals surface area (Å²) in [7, 11) is 0. The monoisotopic (exact) mass is 366 g/mol. The Hall–Kier alpha value is -2.82. The Kier molecular flexibility index (Phi) is 6.12. The van der Waals surface area contributed by atoms with Gasteiger partial charge < -0.3 is 15.4 Å². The lowest BCUT2D eigenvalue weighted by molar-refractivity contribution is -0.115. The first-order valence-corrected chi connectivity index (χ1v) is 9.43. The zero-order chi connectivity index (χ0) is 19.2. The van der Waals surface area contributed by atoms with E-state index in [2.05, 4.69) is 10.6 Å². The van der Waals surface area contributed by atoms with Crippen LogP contribution in [0.3, 0.4) is 0 Å². The molecule has 0 aromatic heterocycles. The molecule has 0 bridgehead atoms. The van der Waals surface area contributed by atoms with Crippen LogP contribution in [0.5, 0.6) is 5.75 Å². The van der Waals surface area contributed by atoms with E-state index in [1.165, 1.54) is 12.8 Å². The van der Waals surface area contributed by atoms with Crippen molar-refractivity contribution in [3.05, 3.63) is 59.2 Å². The molecule has 0 spiro atoms. The summed E-state index contributed by atoms with van der Waals surface area (Å²) in [6, 6.07) is 13.0. The molecule has 0 radical (unpaired) electrons. The summed E-state index contributed by atoms with van der Waals surface area (Å²) in [5.41, 5.74) is 3.28. The maximum absolute atomic E-state index is 12.2. The van der Waals surface area contributed by atoms with Crippen LogP contribution in [0.1, 0.15) is 47.2 Å². The van der Waals surface area contributed by atoms with Gasteiger partial charge in [-0.2, -0.15) is 0 Å². The lowest BCUT2D eigenvalue weighted by atomic mass is 10.1. The molecule has 2 aromatic carbocycles. The van der Waals surface area contributed by atoms with Gasteiger partial charge >= 0.3 is 0 Å². The Balaban J connectivity index is 1.47. The van der Waals surface area contributed by atoms with Crippen molar-refractivity contribution in [1.82, 2.24) is 5.32 Å². The van der Waals surface area contributed by atoms with E-state index in [9.17, 15) is 9.59 Å². The van der Waals surface area contributed by atoms with E-state index < -0.39 is 0 Å². The largest absolute Gasteiger partial charge is 0.490 e. The Morgan fingerprint density at radius 2 is 1.63 bits per heavy atom. The highest BCUT2D eigenvalue weighted by molar-refractivity contribution is 5.99. The number of hydrogen-bond donors (Lipinski definition) is 2. The second-order valence-corrected chi connectivity index (χ2v) is 7.16. The standard InChI is InChI=1S/C22H26N2O3/c1-15-11-16(2)13-17(12-15)22(26)23-14-21(25)24-18-7-9-20(10-8-18)27-19-5-3-4-6-19/h7-13,19H,3-6,14H2,1-2H3,(H,23,26)(H,24,25). The van der Waals surface area contributed by atoms with Crippen molar-refractivity contribution in [3.8, 4) is 5.75 Å². The average molecular weight is 366 g/mol. The van der Waals surface area contributed by atoms with Crippen LogP contribution in [-0.4, -0.2) is 24.5 Å². The maximum atomic E-state index is 12.2. The quantitative estimate of drug-likeness (QED) is 0.812. The average Bonchev–Trinajstić information content (AvgIpc) is 3.13. The van der Waals surface area contributed by atoms with Crippen molar-refractivity contribution < 1.29 is 14.3 Å². The molecule has 0 saturated heterocycles. The molecule has 0 atom stereocenters. The second-order valence-electron chi connectivity index (χ2n) is 7.16. The minimum absolute atomic E-state index is 0.0772. The van der Waals surface area contributed by atoms with Gasteiger partial charge in [-0.05, 0) is 75.9 Å². The third kappa shape index (κ3) is 5.58. The number of carbonyl (C=O) groups excluding carboxylic acids is 2. The zero-order valence-electron chi connectivity index (χ0n) is 15.9. The van der Waals surface area contributed by atoms with Gasteiger partial charge in [-0.3, -0.25) is 9.59 Å². The fourth-order valence-electron chi connectivity index (χ4n) is 3.39. The minimum Gasteiger partial charge on any atom is -0.490 e. The minimum atomic E-state index is -0.266. The number of ether oxygens (including phenoxy) is 1. The van der Waals surface area contributed by atoms with E-state index in [0.29, 0.717) is 17.4 Å². The normalized spacial score (nSPS) is 14.0. The summed E-state index contributed by atoms with van der Waals surface area (Å²) in [6.45, 7) is 3.80. The number of anilines is 1. The van der Waals surface area contributed by atoms with Gasteiger partial charge in [0.2, 0.25) is 5.91 Å². The van der Waals surface area contributed by atoms with Crippen molar-refractivity contribution in [3.63, 3.8) is 0 Å². The molecule has 3 rings (SSSR count). The van der Waals surface area contributed by atoms with Gasteiger partial charge in [0.05, 0.1) is 12.6 Å². The van der Waals surface area contributed by atoms with E-state index in [0.717, 1.165) is 29.7 Å². The zero-order valence-corrected chi connectivity index (χ0v) is 15.9. The number of nitrogens with one attached hydrogen (secondary N) is 2.